The van der Waals surface area contributed by atoms with E-state index in [1.165, 1.54) is 38.3 Å². The van der Waals surface area contributed by atoms with Gasteiger partial charge < -0.3 is 23.9 Å². The van der Waals surface area contributed by atoms with E-state index in [4.69, 9.17) is 13.7 Å². The smallest absolute Gasteiger partial charge is 0.339 e. The SMILES string of the molecule is COc1ccc(CN(C[C@@H]2CCCO2)C(=O)C(C)C)cc1OS(=O)(=O)c1ccc(NC(C)=O)cc1. The van der Waals surface area contributed by atoms with Crippen molar-refractivity contribution in [1.29, 1.82) is 0 Å². The third kappa shape index (κ3) is 7.19. The van der Waals surface area contributed by atoms with Crippen molar-refractivity contribution in [3.05, 3.63) is 48.0 Å². The van der Waals surface area contributed by atoms with Gasteiger partial charge in [-0.15, -0.1) is 0 Å². The standard InChI is InChI=1S/C25H32N2O7S/c1-17(2)25(29)27(16-21-6-5-13-33-21)15-19-7-12-23(32-4)24(14-19)34-35(30,31)22-10-8-20(9-11-22)26-18(3)28/h7-12,14,17,21H,5-6,13,15-16H2,1-4H3,(H,26,28)/t21-/m0/s1. The number of methoxy groups -OCH3 is 1. The summed E-state index contributed by atoms with van der Waals surface area (Å²) in [7, 11) is -2.76. The first kappa shape index (κ1) is 26.5. The maximum Gasteiger partial charge on any atom is 0.339 e. The van der Waals surface area contributed by atoms with Crippen molar-refractivity contribution in [2.24, 2.45) is 5.92 Å². The highest BCUT2D eigenvalue weighted by Gasteiger charge is 2.25. The molecule has 0 radical (unpaired) electrons. The number of amides is 2. The summed E-state index contributed by atoms with van der Waals surface area (Å²) >= 11 is 0. The molecular formula is C25H32N2O7S. The van der Waals surface area contributed by atoms with Crippen LogP contribution >= 0.6 is 0 Å². The lowest BCUT2D eigenvalue weighted by molar-refractivity contribution is -0.136. The highest BCUT2D eigenvalue weighted by Crippen LogP contribution is 2.32. The average Bonchev–Trinajstić information content (AvgIpc) is 3.31. The molecule has 2 amide bonds. The third-order valence-corrected chi connectivity index (χ3v) is 6.77. The van der Waals surface area contributed by atoms with E-state index in [1.807, 2.05) is 13.8 Å². The maximum atomic E-state index is 12.9. The van der Waals surface area contributed by atoms with E-state index in [-0.39, 0.29) is 46.8 Å². The lowest BCUT2D eigenvalue weighted by Crippen LogP contribution is -2.39. The monoisotopic (exact) mass is 504 g/mol. The highest BCUT2D eigenvalue weighted by atomic mass is 32.2. The van der Waals surface area contributed by atoms with E-state index in [1.54, 1.807) is 23.1 Å². The zero-order valence-electron chi connectivity index (χ0n) is 20.4. The minimum atomic E-state index is -4.18. The summed E-state index contributed by atoms with van der Waals surface area (Å²) in [5.74, 6) is -0.196. The molecule has 0 aliphatic carbocycles. The van der Waals surface area contributed by atoms with E-state index in [0.717, 1.165) is 12.8 Å². The van der Waals surface area contributed by atoms with Gasteiger partial charge in [0.25, 0.3) is 0 Å². The number of benzene rings is 2. The van der Waals surface area contributed by atoms with E-state index >= 15 is 0 Å². The molecule has 190 valence electrons. The van der Waals surface area contributed by atoms with E-state index in [9.17, 15) is 18.0 Å². The molecule has 2 aromatic rings. The zero-order chi connectivity index (χ0) is 25.6. The molecule has 0 saturated carbocycles. The van der Waals surface area contributed by atoms with Crippen molar-refractivity contribution in [2.75, 3.05) is 25.6 Å². The van der Waals surface area contributed by atoms with Crippen molar-refractivity contribution in [3.8, 4) is 11.5 Å². The average molecular weight is 505 g/mol. The van der Waals surface area contributed by atoms with Crippen LogP contribution in [0.4, 0.5) is 5.69 Å². The van der Waals surface area contributed by atoms with Crippen LogP contribution in [0.25, 0.3) is 0 Å². The zero-order valence-corrected chi connectivity index (χ0v) is 21.3. The first-order chi connectivity index (χ1) is 16.6. The summed E-state index contributed by atoms with van der Waals surface area (Å²) in [6.07, 6.45) is 1.86. The van der Waals surface area contributed by atoms with Crippen LogP contribution in [-0.4, -0.2) is 51.5 Å². The highest BCUT2D eigenvalue weighted by molar-refractivity contribution is 7.87. The van der Waals surface area contributed by atoms with Crippen LogP contribution in [0.5, 0.6) is 11.5 Å². The Morgan fingerprint density at radius 2 is 1.86 bits per heavy atom. The molecule has 35 heavy (non-hydrogen) atoms. The molecule has 9 nitrogen and oxygen atoms in total. The number of nitrogens with one attached hydrogen (secondary N) is 1. The first-order valence-corrected chi connectivity index (χ1v) is 12.9. The molecule has 1 aliphatic heterocycles. The fourth-order valence-electron chi connectivity index (χ4n) is 3.81. The number of hydrogen-bond acceptors (Lipinski definition) is 7. The Morgan fingerprint density at radius 3 is 2.43 bits per heavy atom. The van der Waals surface area contributed by atoms with E-state index in [0.29, 0.717) is 24.4 Å². The molecule has 2 aromatic carbocycles. The number of carbonyl (C=O) groups excluding carboxylic acids is 2. The number of rotatable bonds is 10. The van der Waals surface area contributed by atoms with Gasteiger partial charge in [0.05, 0.1) is 13.2 Å². The van der Waals surface area contributed by atoms with Gasteiger partial charge in [-0.3, -0.25) is 9.59 Å². The summed E-state index contributed by atoms with van der Waals surface area (Å²) in [6.45, 7) is 6.50. The topological polar surface area (TPSA) is 111 Å². The first-order valence-electron chi connectivity index (χ1n) is 11.5. The quantitative estimate of drug-likeness (QED) is 0.492. The van der Waals surface area contributed by atoms with Crippen molar-refractivity contribution >= 4 is 27.6 Å². The molecular weight excluding hydrogens is 472 g/mol. The fourth-order valence-corrected chi connectivity index (χ4v) is 4.74. The molecule has 10 heteroatoms. The molecule has 1 N–H and O–H groups in total. The largest absolute Gasteiger partial charge is 0.493 e. The Balaban J connectivity index is 1.82. The third-order valence-electron chi connectivity index (χ3n) is 5.52. The molecule has 0 aromatic heterocycles. The minimum absolute atomic E-state index is 0.00694. The van der Waals surface area contributed by atoms with Gasteiger partial charge in [-0.1, -0.05) is 19.9 Å². The van der Waals surface area contributed by atoms with Gasteiger partial charge in [-0.05, 0) is 54.8 Å². The second kappa shape index (κ2) is 11.5. The fraction of sp³-hybridized carbons (Fsp3) is 0.440. The normalized spacial score (nSPS) is 15.6. The van der Waals surface area contributed by atoms with Crippen LogP contribution in [-0.2, 0) is 31.0 Å². The Labute approximate surface area is 206 Å². The summed E-state index contributed by atoms with van der Waals surface area (Å²) in [6, 6.07) is 10.6. The summed E-state index contributed by atoms with van der Waals surface area (Å²) in [5.41, 5.74) is 1.17. The number of hydrogen-bond donors (Lipinski definition) is 1. The molecule has 0 bridgehead atoms. The predicted octanol–water partition coefficient (Wildman–Crippen LogP) is 3.58. The number of carbonyl (C=O) groups is 2. The number of nitrogens with zero attached hydrogens (tertiary/aromatic N) is 1. The molecule has 1 heterocycles. The van der Waals surface area contributed by atoms with Gasteiger partial charge in [-0.2, -0.15) is 8.42 Å². The van der Waals surface area contributed by atoms with Crippen molar-refractivity contribution in [3.63, 3.8) is 0 Å². The summed E-state index contributed by atoms with van der Waals surface area (Å²) < 4.78 is 42.3. The van der Waals surface area contributed by atoms with Crippen molar-refractivity contribution in [2.45, 2.75) is 51.2 Å². The molecule has 3 rings (SSSR count). The second-order valence-electron chi connectivity index (χ2n) is 8.74. The molecule has 0 spiro atoms. The molecule has 1 fully saturated rings. The number of ether oxygens (including phenoxy) is 2. The van der Waals surface area contributed by atoms with Crippen LogP contribution in [0.1, 0.15) is 39.2 Å². The van der Waals surface area contributed by atoms with Gasteiger partial charge in [0.2, 0.25) is 11.8 Å². The molecule has 0 unspecified atom stereocenters. The van der Waals surface area contributed by atoms with Crippen LogP contribution in [0.15, 0.2) is 47.4 Å². The minimum Gasteiger partial charge on any atom is -0.493 e. The van der Waals surface area contributed by atoms with Crippen LogP contribution in [0.2, 0.25) is 0 Å². The van der Waals surface area contributed by atoms with Crippen molar-refractivity contribution < 1.29 is 31.7 Å². The lowest BCUT2D eigenvalue weighted by Gasteiger charge is -2.27. The molecule has 1 atom stereocenters. The van der Waals surface area contributed by atoms with Crippen molar-refractivity contribution in [1.82, 2.24) is 4.90 Å². The van der Waals surface area contributed by atoms with Gasteiger partial charge in [0.15, 0.2) is 11.5 Å². The van der Waals surface area contributed by atoms with Gasteiger partial charge in [0, 0.05) is 38.2 Å². The second-order valence-corrected chi connectivity index (χ2v) is 10.3. The lowest BCUT2D eigenvalue weighted by atomic mass is 10.1. The van der Waals surface area contributed by atoms with Crippen LogP contribution in [0.3, 0.4) is 0 Å². The maximum absolute atomic E-state index is 12.9. The Kier molecular flexibility index (Phi) is 8.74. The predicted molar refractivity (Wildman–Crippen MR) is 131 cm³/mol. The Bertz CT molecular complexity index is 1140. The molecule has 1 aliphatic rings. The number of anilines is 1. The summed E-state index contributed by atoms with van der Waals surface area (Å²) in [4.78, 5) is 25.7. The molecule has 1 saturated heterocycles. The van der Waals surface area contributed by atoms with Crippen LogP contribution < -0.4 is 14.2 Å². The van der Waals surface area contributed by atoms with Gasteiger partial charge >= 0.3 is 10.1 Å². The van der Waals surface area contributed by atoms with E-state index in [2.05, 4.69) is 5.32 Å². The van der Waals surface area contributed by atoms with Gasteiger partial charge in [0.1, 0.15) is 4.90 Å². The van der Waals surface area contributed by atoms with Crippen LogP contribution in [0, 0.1) is 5.92 Å². The van der Waals surface area contributed by atoms with Gasteiger partial charge in [-0.25, -0.2) is 0 Å². The summed E-state index contributed by atoms with van der Waals surface area (Å²) in [5, 5.41) is 2.58. The Hall–Kier alpha value is -3.11. The van der Waals surface area contributed by atoms with E-state index < -0.39 is 10.1 Å². The Morgan fingerprint density at radius 1 is 1.14 bits per heavy atom.